The fourth-order valence-corrected chi connectivity index (χ4v) is 1.76. The van der Waals surface area contributed by atoms with Crippen molar-refractivity contribution in [1.82, 2.24) is 15.0 Å². The zero-order chi connectivity index (χ0) is 14.5. The molecule has 0 atom stereocenters. The zero-order valence-electron chi connectivity index (χ0n) is 11.6. The van der Waals surface area contributed by atoms with Crippen molar-refractivity contribution in [3.63, 3.8) is 0 Å². The van der Waals surface area contributed by atoms with Gasteiger partial charge >= 0.3 is 6.01 Å². The van der Waals surface area contributed by atoms with Crippen molar-refractivity contribution >= 4 is 29.2 Å². The highest BCUT2D eigenvalue weighted by molar-refractivity contribution is 6.33. The van der Waals surface area contributed by atoms with E-state index in [1.165, 1.54) is 7.11 Å². The van der Waals surface area contributed by atoms with Crippen molar-refractivity contribution in [2.24, 2.45) is 0 Å². The minimum atomic E-state index is 0.238. The average molecular weight is 294 g/mol. The molecule has 6 nitrogen and oxygen atoms in total. The van der Waals surface area contributed by atoms with Crippen LogP contribution in [0.4, 0.5) is 17.6 Å². The monoisotopic (exact) mass is 293 g/mol. The van der Waals surface area contributed by atoms with Gasteiger partial charge in [0.1, 0.15) is 0 Å². The Morgan fingerprint density at radius 1 is 1.20 bits per heavy atom. The summed E-state index contributed by atoms with van der Waals surface area (Å²) in [4.78, 5) is 12.5. The molecule has 0 radical (unpaired) electrons. The Kier molecular flexibility index (Phi) is 4.57. The van der Waals surface area contributed by atoms with Crippen LogP contribution in [0.2, 0.25) is 5.02 Å². The number of hydrogen-bond donors (Lipinski definition) is 2. The number of benzene rings is 1. The van der Waals surface area contributed by atoms with Gasteiger partial charge in [0.25, 0.3) is 0 Å². The van der Waals surface area contributed by atoms with Crippen LogP contribution in [0.3, 0.4) is 0 Å². The first-order valence-electron chi connectivity index (χ1n) is 6.19. The minimum Gasteiger partial charge on any atom is -0.467 e. The molecule has 2 rings (SSSR count). The fourth-order valence-electron chi connectivity index (χ4n) is 1.60. The quantitative estimate of drug-likeness (QED) is 0.883. The van der Waals surface area contributed by atoms with Gasteiger partial charge in [0, 0.05) is 6.54 Å². The van der Waals surface area contributed by atoms with Gasteiger partial charge < -0.3 is 15.4 Å². The number of halogens is 1. The Hall–Kier alpha value is -2.08. The lowest BCUT2D eigenvalue weighted by Crippen LogP contribution is -2.08. The molecule has 20 heavy (non-hydrogen) atoms. The minimum absolute atomic E-state index is 0.238. The Bertz CT molecular complexity index is 605. The molecule has 7 heteroatoms. The molecule has 0 saturated carbocycles. The molecule has 0 aliphatic carbocycles. The van der Waals surface area contributed by atoms with Crippen molar-refractivity contribution in [3.8, 4) is 6.01 Å². The van der Waals surface area contributed by atoms with Gasteiger partial charge in [0.05, 0.1) is 17.8 Å². The van der Waals surface area contributed by atoms with Crippen LogP contribution in [-0.4, -0.2) is 28.6 Å². The van der Waals surface area contributed by atoms with Crippen LogP contribution in [0.15, 0.2) is 18.2 Å². The number of nitrogens with zero attached hydrogens (tertiary/aromatic N) is 3. The van der Waals surface area contributed by atoms with E-state index in [-0.39, 0.29) is 6.01 Å². The maximum atomic E-state index is 6.14. The van der Waals surface area contributed by atoms with E-state index in [9.17, 15) is 0 Å². The van der Waals surface area contributed by atoms with Gasteiger partial charge in [-0.3, -0.25) is 0 Å². The predicted molar refractivity (Wildman–Crippen MR) is 80.0 cm³/mol. The number of methoxy groups -OCH3 is 1. The lowest BCUT2D eigenvalue weighted by Gasteiger charge is -2.10. The molecular formula is C13H16ClN5O. The van der Waals surface area contributed by atoms with Crippen LogP contribution in [0.5, 0.6) is 6.01 Å². The van der Waals surface area contributed by atoms with Crippen molar-refractivity contribution in [2.45, 2.75) is 13.8 Å². The number of rotatable bonds is 5. The highest BCUT2D eigenvalue weighted by Crippen LogP contribution is 2.25. The number of aryl methyl sites for hydroxylation is 1. The molecule has 1 aromatic heterocycles. The lowest BCUT2D eigenvalue weighted by molar-refractivity contribution is 0.379. The summed E-state index contributed by atoms with van der Waals surface area (Å²) in [5, 5.41) is 6.69. The molecule has 0 saturated heterocycles. The van der Waals surface area contributed by atoms with Gasteiger partial charge in [-0.05, 0) is 31.5 Å². The van der Waals surface area contributed by atoms with Crippen molar-refractivity contribution < 1.29 is 4.74 Å². The first kappa shape index (κ1) is 14.3. The fraction of sp³-hybridized carbons (Fsp3) is 0.308. The molecule has 2 aromatic rings. The van der Waals surface area contributed by atoms with Crippen molar-refractivity contribution in [3.05, 3.63) is 28.8 Å². The summed E-state index contributed by atoms with van der Waals surface area (Å²) in [6, 6.07) is 5.92. The molecule has 1 aromatic carbocycles. The van der Waals surface area contributed by atoms with E-state index in [1.54, 1.807) is 0 Å². The molecule has 0 aliphatic heterocycles. The maximum Gasteiger partial charge on any atom is 0.322 e. The third kappa shape index (κ3) is 3.48. The predicted octanol–water partition coefficient (Wildman–Crippen LogP) is 3.02. The van der Waals surface area contributed by atoms with E-state index in [0.717, 1.165) is 11.3 Å². The summed E-state index contributed by atoms with van der Waals surface area (Å²) >= 11 is 6.14. The highest BCUT2D eigenvalue weighted by Gasteiger charge is 2.08. The van der Waals surface area contributed by atoms with E-state index in [0.29, 0.717) is 23.5 Å². The van der Waals surface area contributed by atoms with Crippen LogP contribution in [-0.2, 0) is 0 Å². The second kappa shape index (κ2) is 6.38. The third-order valence-corrected chi connectivity index (χ3v) is 2.83. The zero-order valence-corrected chi connectivity index (χ0v) is 12.3. The van der Waals surface area contributed by atoms with Crippen LogP contribution in [0.25, 0.3) is 0 Å². The molecule has 106 valence electrons. The molecule has 2 N–H and O–H groups in total. The molecule has 0 unspecified atom stereocenters. The van der Waals surface area contributed by atoms with Gasteiger partial charge in [-0.1, -0.05) is 17.7 Å². The van der Waals surface area contributed by atoms with Crippen LogP contribution >= 0.6 is 11.6 Å². The highest BCUT2D eigenvalue weighted by atomic mass is 35.5. The summed E-state index contributed by atoms with van der Waals surface area (Å²) in [7, 11) is 1.51. The van der Waals surface area contributed by atoms with E-state index >= 15 is 0 Å². The molecule has 0 fully saturated rings. The van der Waals surface area contributed by atoms with Crippen LogP contribution in [0, 0.1) is 6.92 Å². The number of anilines is 3. The number of nitrogens with one attached hydrogen (secondary N) is 2. The van der Waals surface area contributed by atoms with Crippen molar-refractivity contribution in [1.29, 1.82) is 0 Å². The summed E-state index contributed by atoms with van der Waals surface area (Å²) in [5.74, 6) is 0.825. The Balaban J connectivity index is 2.32. The average Bonchev–Trinajstić information content (AvgIpc) is 2.43. The molecule has 0 bridgehead atoms. The van der Waals surface area contributed by atoms with E-state index in [1.807, 2.05) is 32.0 Å². The summed E-state index contributed by atoms with van der Waals surface area (Å²) in [5.41, 5.74) is 1.83. The topological polar surface area (TPSA) is 72.0 Å². The summed E-state index contributed by atoms with van der Waals surface area (Å²) in [6.07, 6.45) is 0. The van der Waals surface area contributed by atoms with Gasteiger partial charge in [-0.15, -0.1) is 0 Å². The van der Waals surface area contributed by atoms with Gasteiger partial charge in [-0.2, -0.15) is 15.0 Å². The van der Waals surface area contributed by atoms with Crippen molar-refractivity contribution in [2.75, 3.05) is 24.3 Å². The van der Waals surface area contributed by atoms with E-state index < -0.39 is 0 Å². The van der Waals surface area contributed by atoms with Gasteiger partial charge in [-0.25, -0.2) is 0 Å². The number of ether oxygens (including phenoxy) is 1. The normalized spacial score (nSPS) is 10.2. The molecule has 0 amide bonds. The lowest BCUT2D eigenvalue weighted by atomic mass is 10.2. The Labute approximate surface area is 122 Å². The van der Waals surface area contributed by atoms with Crippen LogP contribution < -0.4 is 15.4 Å². The maximum absolute atomic E-state index is 6.14. The first-order chi connectivity index (χ1) is 9.62. The molecule has 0 spiro atoms. The molecule has 1 heterocycles. The largest absolute Gasteiger partial charge is 0.467 e. The second-order valence-corrected chi connectivity index (χ2v) is 4.52. The van der Waals surface area contributed by atoms with Gasteiger partial charge in [0.15, 0.2) is 0 Å². The SMILES string of the molecule is CCNc1nc(Nc2cc(C)ccc2Cl)nc(OC)n1. The summed E-state index contributed by atoms with van der Waals surface area (Å²) in [6.45, 7) is 4.65. The first-order valence-corrected chi connectivity index (χ1v) is 6.57. The Morgan fingerprint density at radius 3 is 2.65 bits per heavy atom. The Morgan fingerprint density at radius 2 is 1.95 bits per heavy atom. The second-order valence-electron chi connectivity index (χ2n) is 4.11. The van der Waals surface area contributed by atoms with E-state index in [4.69, 9.17) is 16.3 Å². The summed E-state index contributed by atoms with van der Waals surface area (Å²) < 4.78 is 5.06. The smallest absolute Gasteiger partial charge is 0.322 e. The standard InChI is InChI=1S/C13H16ClN5O/c1-4-15-11-17-12(19-13(18-11)20-3)16-10-7-8(2)5-6-9(10)14/h5-7H,4H2,1-3H3,(H2,15,16,17,18,19). The molecular weight excluding hydrogens is 278 g/mol. The van der Waals surface area contributed by atoms with E-state index in [2.05, 4.69) is 25.6 Å². The third-order valence-electron chi connectivity index (χ3n) is 2.50. The molecule has 0 aliphatic rings. The van der Waals surface area contributed by atoms with Crippen LogP contribution in [0.1, 0.15) is 12.5 Å². The number of aromatic nitrogens is 3. The number of hydrogen-bond acceptors (Lipinski definition) is 6. The van der Waals surface area contributed by atoms with Gasteiger partial charge in [0.2, 0.25) is 11.9 Å².